The van der Waals surface area contributed by atoms with Gasteiger partial charge in [0.05, 0.1) is 24.6 Å². The second-order valence-electron chi connectivity index (χ2n) is 6.18. The lowest BCUT2D eigenvalue weighted by Crippen LogP contribution is -2.34. The molecule has 1 rings (SSSR count). The molecule has 8 heteroatoms. The number of hydrogen-bond acceptors (Lipinski definition) is 5. The van der Waals surface area contributed by atoms with Gasteiger partial charge in [-0.1, -0.05) is 26.0 Å². The maximum Gasteiger partial charge on any atom is 0.339 e. The third-order valence-corrected chi connectivity index (χ3v) is 4.92. The third-order valence-electron chi connectivity index (χ3n) is 3.62. The van der Waals surface area contributed by atoms with Crippen LogP contribution in [0.25, 0.3) is 0 Å². The van der Waals surface area contributed by atoms with E-state index in [1.54, 1.807) is 24.3 Å². The Morgan fingerprint density at radius 2 is 1.84 bits per heavy atom. The number of ether oxygens (including phenoxy) is 1. The highest BCUT2D eigenvalue weighted by molar-refractivity contribution is 7.88. The number of methoxy groups -OCH3 is 1. The number of carbonyl (C=O) groups is 2. The fourth-order valence-corrected chi connectivity index (χ4v) is 3.02. The van der Waals surface area contributed by atoms with Crippen molar-refractivity contribution in [2.24, 2.45) is 5.92 Å². The molecule has 0 saturated carbocycles. The minimum Gasteiger partial charge on any atom is -0.465 e. The van der Waals surface area contributed by atoms with Crippen LogP contribution in [0.5, 0.6) is 0 Å². The standard InChI is InChI=1S/C17H26N2O5S/c1-13(2)9-11-19(25(4,22)23)12-10-16(20)18-15-8-6-5-7-14(15)17(21)24-3/h5-8,13H,9-12H2,1-4H3,(H,18,20). The first kappa shape index (κ1) is 21.1. The SMILES string of the molecule is COC(=O)c1ccccc1NC(=O)CCN(CCC(C)C)S(C)(=O)=O. The summed E-state index contributed by atoms with van der Waals surface area (Å²) in [4.78, 5) is 23.9. The lowest BCUT2D eigenvalue weighted by atomic mass is 10.1. The molecule has 0 saturated heterocycles. The summed E-state index contributed by atoms with van der Waals surface area (Å²) >= 11 is 0. The Bertz CT molecular complexity index is 701. The molecule has 0 aliphatic carbocycles. The van der Waals surface area contributed by atoms with Gasteiger partial charge in [0.15, 0.2) is 0 Å². The summed E-state index contributed by atoms with van der Waals surface area (Å²) in [5.41, 5.74) is 0.588. The molecule has 0 fully saturated rings. The van der Waals surface area contributed by atoms with E-state index in [0.29, 0.717) is 18.2 Å². The topological polar surface area (TPSA) is 92.8 Å². The van der Waals surface area contributed by atoms with E-state index >= 15 is 0 Å². The zero-order valence-corrected chi connectivity index (χ0v) is 15.9. The van der Waals surface area contributed by atoms with Crippen LogP contribution < -0.4 is 5.32 Å². The van der Waals surface area contributed by atoms with Gasteiger partial charge in [-0.25, -0.2) is 17.5 Å². The highest BCUT2D eigenvalue weighted by Gasteiger charge is 2.19. The monoisotopic (exact) mass is 370 g/mol. The van der Waals surface area contributed by atoms with Crippen LogP contribution in [-0.4, -0.2) is 51.1 Å². The molecule has 0 aliphatic rings. The minimum atomic E-state index is -3.38. The summed E-state index contributed by atoms with van der Waals surface area (Å²) in [7, 11) is -2.11. The first-order valence-electron chi connectivity index (χ1n) is 8.07. The maximum atomic E-state index is 12.2. The molecule has 0 heterocycles. The molecule has 0 atom stereocenters. The highest BCUT2D eigenvalue weighted by atomic mass is 32.2. The maximum absolute atomic E-state index is 12.2. The average molecular weight is 370 g/mol. The Labute approximate surface area is 149 Å². The van der Waals surface area contributed by atoms with Gasteiger partial charge in [0.25, 0.3) is 0 Å². The van der Waals surface area contributed by atoms with Crippen molar-refractivity contribution in [1.29, 1.82) is 0 Å². The number of sulfonamides is 1. The molecular weight excluding hydrogens is 344 g/mol. The van der Waals surface area contributed by atoms with E-state index in [0.717, 1.165) is 12.7 Å². The smallest absolute Gasteiger partial charge is 0.339 e. The number of esters is 1. The van der Waals surface area contributed by atoms with Crippen molar-refractivity contribution < 1.29 is 22.7 Å². The molecule has 0 bridgehead atoms. The summed E-state index contributed by atoms with van der Waals surface area (Å²) in [6.45, 7) is 4.49. The fraction of sp³-hybridized carbons (Fsp3) is 0.529. The number of nitrogens with one attached hydrogen (secondary N) is 1. The highest BCUT2D eigenvalue weighted by Crippen LogP contribution is 2.16. The van der Waals surface area contributed by atoms with Crippen LogP contribution >= 0.6 is 0 Å². The van der Waals surface area contributed by atoms with Crippen LogP contribution in [0.15, 0.2) is 24.3 Å². The van der Waals surface area contributed by atoms with Gasteiger partial charge in [0.1, 0.15) is 0 Å². The van der Waals surface area contributed by atoms with Gasteiger partial charge >= 0.3 is 5.97 Å². The number of carbonyl (C=O) groups excluding carboxylic acids is 2. The number of benzene rings is 1. The van der Waals surface area contributed by atoms with Gasteiger partial charge < -0.3 is 10.1 Å². The van der Waals surface area contributed by atoms with E-state index in [-0.39, 0.29) is 24.4 Å². The number of rotatable bonds is 9. The van der Waals surface area contributed by atoms with Crippen LogP contribution in [0.3, 0.4) is 0 Å². The van der Waals surface area contributed by atoms with Gasteiger partial charge in [0.2, 0.25) is 15.9 Å². The summed E-state index contributed by atoms with van der Waals surface area (Å²) in [5, 5.41) is 2.64. The second-order valence-corrected chi connectivity index (χ2v) is 8.16. The van der Waals surface area contributed by atoms with Crippen molar-refractivity contribution >= 4 is 27.6 Å². The largest absolute Gasteiger partial charge is 0.465 e. The Balaban J connectivity index is 2.71. The molecule has 140 valence electrons. The van der Waals surface area contributed by atoms with Crippen molar-refractivity contribution in [3.63, 3.8) is 0 Å². The molecular formula is C17H26N2O5S. The summed E-state index contributed by atoms with van der Waals surface area (Å²) in [6.07, 6.45) is 1.86. The predicted molar refractivity (Wildman–Crippen MR) is 96.9 cm³/mol. The van der Waals surface area contributed by atoms with E-state index in [1.807, 2.05) is 13.8 Å². The van der Waals surface area contributed by atoms with Crippen molar-refractivity contribution in [1.82, 2.24) is 4.31 Å². The number of anilines is 1. The quantitative estimate of drug-likeness (QED) is 0.672. The van der Waals surface area contributed by atoms with E-state index in [1.165, 1.54) is 11.4 Å². The second kappa shape index (κ2) is 9.53. The fourth-order valence-electron chi connectivity index (χ4n) is 2.16. The molecule has 0 aromatic heterocycles. The Morgan fingerprint density at radius 1 is 1.20 bits per heavy atom. The van der Waals surface area contributed by atoms with Crippen molar-refractivity contribution in [2.45, 2.75) is 26.7 Å². The van der Waals surface area contributed by atoms with E-state index in [2.05, 4.69) is 10.1 Å². The minimum absolute atomic E-state index is 0.000667. The van der Waals surface area contributed by atoms with E-state index < -0.39 is 16.0 Å². The van der Waals surface area contributed by atoms with Crippen LogP contribution in [0.4, 0.5) is 5.69 Å². The molecule has 25 heavy (non-hydrogen) atoms. The Hall–Kier alpha value is -1.93. The Morgan fingerprint density at radius 3 is 2.40 bits per heavy atom. The van der Waals surface area contributed by atoms with Gasteiger partial charge in [-0.15, -0.1) is 0 Å². The molecule has 1 amide bonds. The molecule has 1 N–H and O–H groups in total. The predicted octanol–water partition coefficient (Wildman–Crippen LogP) is 2.11. The number of nitrogens with zero attached hydrogens (tertiary/aromatic N) is 1. The van der Waals surface area contributed by atoms with Gasteiger partial charge in [-0.2, -0.15) is 0 Å². The molecule has 1 aromatic rings. The van der Waals surface area contributed by atoms with Crippen LogP contribution in [0, 0.1) is 5.92 Å². The van der Waals surface area contributed by atoms with Crippen LogP contribution in [0.2, 0.25) is 0 Å². The zero-order chi connectivity index (χ0) is 19.0. The number of hydrogen-bond donors (Lipinski definition) is 1. The summed E-state index contributed by atoms with van der Waals surface area (Å²) in [6, 6.07) is 6.50. The number of para-hydroxylation sites is 1. The molecule has 0 spiro atoms. The van der Waals surface area contributed by atoms with E-state index in [4.69, 9.17) is 0 Å². The molecule has 0 radical (unpaired) electrons. The van der Waals surface area contributed by atoms with Crippen LogP contribution in [0.1, 0.15) is 37.0 Å². The lowest BCUT2D eigenvalue weighted by Gasteiger charge is -2.20. The summed E-state index contributed by atoms with van der Waals surface area (Å²) < 4.78 is 29.6. The van der Waals surface area contributed by atoms with Crippen molar-refractivity contribution in [3.05, 3.63) is 29.8 Å². The first-order chi connectivity index (χ1) is 11.6. The summed E-state index contributed by atoms with van der Waals surface area (Å²) in [5.74, 6) is -0.551. The van der Waals surface area contributed by atoms with Crippen molar-refractivity contribution in [2.75, 3.05) is 31.8 Å². The molecule has 7 nitrogen and oxygen atoms in total. The zero-order valence-electron chi connectivity index (χ0n) is 15.1. The molecule has 1 aromatic carbocycles. The van der Waals surface area contributed by atoms with Crippen LogP contribution in [-0.2, 0) is 19.6 Å². The normalized spacial score (nSPS) is 11.6. The van der Waals surface area contributed by atoms with Crippen molar-refractivity contribution in [3.8, 4) is 0 Å². The number of amides is 1. The molecule has 0 aliphatic heterocycles. The average Bonchev–Trinajstić information content (AvgIpc) is 2.53. The molecule has 0 unspecified atom stereocenters. The lowest BCUT2D eigenvalue weighted by molar-refractivity contribution is -0.116. The Kier molecular flexibility index (Phi) is 8.05. The van der Waals surface area contributed by atoms with E-state index in [9.17, 15) is 18.0 Å². The first-order valence-corrected chi connectivity index (χ1v) is 9.92. The third kappa shape index (κ3) is 7.23. The van der Waals surface area contributed by atoms with Gasteiger partial charge in [-0.05, 0) is 24.5 Å². The van der Waals surface area contributed by atoms with Gasteiger partial charge in [0, 0.05) is 19.5 Å². The van der Waals surface area contributed by atoms with Gasteiger partial charge in [-0.3, -0.25) is 4.79 Å².